The zero-order chi connectivity index (χ0) is 8.55. The summed E-state index contributed by atoms with van der Waals surface area (Å²) < 4.78 is 0. The maximum absolute atomic E-state index is 9.12. The molecule has 0 amide bonds. The second kappa shape index (κ2) is 3.32. The quantitative estimate of drug-likeness (QED) is 0.608. The van der Waals surface area contributed by atoms with Crippen molar-refractivity contribution >= 4 is 0 Å². The molecule has 0 aromatic carbocycles. The molecule has 3 nitrogen and oxygen atoms in total. The number of aliphatic hydroxyl groups is 1. The summed E-state index contributed by atoms with van der Waals surface area (Å²) >= 11 is 0. The van der Waals surface area contributed by atoms with Crippen molar-refractivity contribution in [1.82, 2.24) is 10.2 Å². The molecule has 3 heteroatoms. The lowest BCUT2D eigenvalue weighted by molar-refractivity contribution is 0.210. The van der Waals surface area contributed by atoms with E-state index in [4.69, 9.17) is 5.11 Å². The molecule has 2 atom stereocenters. The van der Waals surface area contributed by atoms with E-state index in [1.165, 1.54) is 12.8 Å². The van der Waals surface area contributed by atoms with Crippen LogP contribution in [0.3, 0.4) is 0 Å². The van der Waals surface area contributed by atoms with E-state index in [0.717, 1.165) is 19.1 Å². The zero-order valence-electron chi connectivity index (χ0n) is 7.66. The molecule has 0 spiro atoms. The summed E-state index contributed by atoms with van der Waals surface area (Å²) in [5.41, 5.74) is 0. The highest BCUT2D eigenvalue weighted by Gasteiger charge is 2.34. The van der Waals surface area contributed by atoms with E-state index in [1.54, 1.807) is 0 Å². The smallest absolute Gasteiger partial charge is 0.0486 e. The lowest BCUT2D eigenvalue weighted by atomic mass is 10.1. The number of aliphatic hydroxyl groups excluding tert-OH is 1. The van der Waals surface area contributed by atoms with Crippen LogP contribution in [0.2, 0.25) is 0 Å². The minimum atomic E-state index is 0.328. The molecular weight excluding hydrogens is 152 g/mol. The molecule has 2 aliphatic rings. The Balaban J connectivity index is 1.84. The first-order chi connectivity index (χ1) is 5.79. The van der Waals surface area contributed by atoms with Crippen LogP contribution in [0.25, 0.3) is 0 Å². The summed E-state index contributed by atoms with van der Waals surface area (Å²) in [6.45, 7) is 2.47. The monoisotopic (exact) mass is 170 g/mol. The van der Waals surface area contributed by atoms with Crippen LogP contribution in [-0.2, 0) is 0 Å². The average Bonchev–Trinajstić information content (AvgIpc) is 2.76. The van der Waals surface area contributed by atoms with Gasteiger partial charge in [-0.1, -0.05) is 0 Å². The van der Waals surface area contributed by atoms with Gasteiger partial charge in [0, 0.05) is 37.7 Å². The first-order valence-corrected chi connectivity index (χ1v) is 4.85. The summed E-state index contributed by atoms with van der Waals surface area (Å²) in [5, 5.41) is 12.7. The van der Waals surface area contributed by atoms with Gasteiger partial charge in [0.15, 0.2) is 0 Å². The summed E-state index contributed by atoms with van der Waals surface area (Å²) in [6, 6.07) is 1.29. The molecule has 2 unspecified atom stereocenters. The van der Waals surface area contributed by atoms with Crippen molar-refractivity contribution in [2.24, 2.45) is 5.92 Å². The van der Waals surface area contributed by atoms with E-state index in [0.29, 0.717) is 18.6 Å². The Labute approximate surface area is 73.8 Å². The van der Waals surface area contributed by atoms with Gasteiger partial charge >= 0.3 is 0 Å². The van der Waals surface area contributed by atoms with Crippen LogP contribution in [0.5, 0.6) is 0 Å². The highest BCUT2D eigenvalue weighted by Crippen LogP contribution is 2.23. The first-order valence-electron chi connectivity index (χ1n) is 4.85. The van der Waals surface area contributed by atoms with Gasteiger partial charge in [0.1, 0.15) is 0 Å². The fraction of sp³-hybridized carbons (Fsp3) is 1.00. The number of nitrogens with zero attached hydrogens (tertiary/aromatic N) is 1. The summed E-state index contributed by atoms with van der Waals surface area (Å²) in [5.74, 6) is 0.454. The minimum Gasteiger partial charge on any atom is -0.396 e. The normalized spacial score (nSPS) is 37.5. The lowest BCUT2D eigenvalue weighted by Gasteiger charge is -2.17. The van der Waals surface area contributed by atoms with Gasteiger partial charge in [-0.3, -0.25) is 0 Å². The van der Waals surface area contributed by atoms with Crippen LogP contribution in [0.1, 0.15) is 12.8 Å². The average molecular weight is 170 g/mol. The molecule has 1 saturated heterocycles. The molecule has 12 heavy (non-hydrogen) atoms. The molecule has 0 radical (unpaired) electrons. The molecule has 70 valence electrons. The topological polar surface area (TPSA) is 35.5 Å². The lowest BCUT2D eigenvalue weighted by Crippen LogP contribution is -2.38. The van der Waals surface area contributed by atoms with E-state index in [2.05, 4.69) is 17.3 Å². The van der Waals surface area contributed by atoms with Gasteiger partial charge < -0.3 is 15.3 Å². The largest absolute Gasteiger partial charge is 0.396 e. The molecule has 1 aliphatic carbocycles. The Hall–Kier alpha value is -0.120. The maximum atomic E-state index is 9.12. The molecular formula is C9H18N2O. The van der Waals surface area contributed by atoms with Gasteiger partial charge in [-0.25, -0.2) is 0 Å². The number of hydrogen-bond acceptors (Lipinski definition) is 3. The summed E-state index contributed by atoms with van der Waals surface area (Å²) in [6.07, 6.45) is 2.66. The van der Waals surface area contributed by atoms with Crippen LogP contribution < -0.4 is 5.32 Å². The van der Waals surface area contributed by atoms with Crippen molar-refractivity contribution < 1.29 is 5.11 Å². The highest BCUT2D eigenvalue weighted by atomic mass is 16.3. The predicted octanol–water partition coefficient (Wildman–Crippen LogP) is -0.339. The van der Waals surface area contributed by atoms with E-state index in [1.807, 2.05) is 0 Å². The van der Waals surface area contributed by atoms with E-state index in [-0.39, 0.29) is 0 Å². The van der Waals surface area contributed by atoms with Gasteiger partial charge in [0.05, 0.1) is 0 Å². The van der Waals surface area contributed by atoms with Crippen LogP contribution in [0.4, 0.5) is 0 Å². The molecule has 2 rings (SSSR count). The fourth-order valence-corrected chi connectivity index (χ4v) is 2.01. The Morgan fingerprint density at radius 2 is 2.17 bits per heavy atom. The third-order valence-electron chi connectivity index (χ3n) is 2.89. The van der Waals surface area contributed by atoms with E-state index in [9.17, 15) is 0 Å². The van der Waals surface area contributed by atoms with Crippen LogP contribution >= 0.6 is 0 Å². The first kappa shape index (κ1) is 8.48. The van der Waals surface area contributed by atoms with Gasteiger partial charge in [-0.2, -0.15) is 0 Å². The Morgan fingerprint density at radius 3 is 2.75 bits per heavy atom. The molecule has 2 N–H and O–H groups in total. The number of nitrogens with one attached hydrogen (secondary N) is 1. The van der Waals surface area contributed by atoms with Gasteiger partial charge in [0.2, 0.25) is 0 Å². The Morgan fingerprint density at radius 1 is 1.42 bits per heavy atom. The van der Waals surface area contributed by atoms with Crippen LogP contribution in [-0.4, -0.2) is 48.8 Å². The SMILES string of the molecule is CN1CC(CO)C(NC2CC2)C1. The molecule has 2 fully saturated rings. The standard InChI is InChI=1S/C9H18N2O/c1-11-4-7(6-12)9(5-11)10-8-2-3-8/h7-10,12H,2-6H2,1H3. The highest BCUT2D eigenvalue weighted by molar-refractivity contribution is 4.93. The fourth-order valence-electron chi connectivity index (χ4n) is 2.01. The van der Waals surface area contributed by atoms with E-state index >= 15 is 0 Å². The predicted molar refractivity (Wildman–Crippen MR) is 48.0 cm³/mol. The molecule has 0 bridgehead atoms. The summed E-state index contributed by atoms with van der Waals surface area (Å²) in [4.78, 5) is 2.29. The van der Waals surface area contributed by atoms with Crippen LogP contribution in [0, 0.1) is 5.92 Å². The van der Waals surface area contributed by atoms with E-state index < -0.39 is 0 Å². The third-order valence-corrected chi connectivity index (χ3v) is 2.89. The maximum Gasteiger partial charge on any atom is 0.0486 e. The van der Waals surface area contributed by atoms with Crippen molar-refractivity contribution in [3.8, 4) is 0 Å². The van der Waals surface area contributed by atoms with Crippen molar-refractivity contribution in [1.29, 1.82) is 0 Å². The summed E-state index contributed by atoms with van der Waals surface area (Å²) in [7, 11) is 2.12. The zero-order valence-corrected chi connectivity index (χ0v) is 7.66. The van der Waals surface area contributed by atoms with Crippen molar-refractivity contribution in [3.63, 3.8) is 0 Å². The molecule has 0 aromatic rings. The number of rotatable bonds is 3. The second-order valence-corrected chi connectivity index (χ2v) is 4.21. The number of likely N-dealkylation sites (tertiary alicyclic amines) is 1. The number of likely N-dealkylation sites (N-methyl/N-ethyl adjacent to an activating group) is 1. The molecule has 1 saturated carbocycles. The van der Waals surface area contributed by atoms with Gasteiger partial charge in [0.25, 0.3) is 0 Å². The van der Waals surface area contributed by atoms with Crippen molar-refractivity contribution in [2.45, 2.75) is 24.9 Å². The van der Waals surface area contributed by atoms with Gasteiger partial charge in [-0.15, -0.1) is 0 Å². The third kappa shape index (κ3) is 1.79. The molecule has 1 heterocycles. The second-order valence-electron chi connectivity index (χ2n) is 4.21. The number of hydrogen-bond donors (Lipinski definition) is 2. The van der Waals surface area contributed by atoms with Crippen molar-refractivity contribution in [2.75, 3.05) is 26.7 Å². The molecule has 1 aliphatic heterocycles. The minimum absolute atomic E-state index is 0.328. The molecule has 0 aromatic heterocycles. The van der Waals surface area contributed by atoms with Gasteiger partial charge in [-0.05, 0) is 19.9 Å². The Kier molecular flexibility index (Phi) is 2.35. The van der Waals surface area contributed by atoms with Crippen molar-refractivity contribution in [3.05, 3.63) is 0 Å². The van der Waals surface area contributed by atoms with Crippen LogP contribution in [0.15, 0.2) is 0 Å². The Bertz CT molecular complexity index is 159.